The first-order valence-electron chi connectivity index (χ1n) is 8.27. The Kier molecular flexibility index (Phi) is 3.88. The number of likely N-dealkylation sites (tertiary alicyclic amines) is 1. The van der Waals surface area contributed by atoms with Crippen molar-refractivity contribution < 1.29 is 9.32 Å². The van der Waals surface area contributed by atoms with Crippen LogP contribution in [0.2, 0.25) is 0 Å². The zero-order valence-corrected chi connectivity index (χ0v) is 14.0. The molecule has 1 saturated heterocycles. The van der Waals surface area contributed by atoms with Gasteiger partial charge in [0.25, 0.3) is 0 Å². The lowest BCUT2D eigenvalue weighted by atomic mass is 9.83. The van der Waals surface area contributed by atoms with Gasteiger partial charge < -0.3 is 9.42 Å². The standard InChI is InChI=1S/C16H20N4O2S/c1-10-8-13(22-18-10)15-14(17-19-23-15)12-6-3-7-20(9-12)16(21)11-4-2-5-11/h8,11-12H,2-7,9H2,1H3/t12-/m1/s1. The Bertz CT molecular complexity index is 707. The molecule has 1 aliphatic carbocycles. The number of aryl methyl sites for hydroxylation is 1. The summed E-state index contributed by atoms with van der Waals surface area (Å²) in [5.41, 5.74) is 1.81. The molecule has 1 aliphatic heterocycles. The molecular weight excluding hydrogens is 312 g/mol. The summed E-state index contributed by atoms with van der Waals surface area (Å²) >= 11 is 1.34. The SMILES string of the molecule is Cc1cc(-c2snnc2[C@@H]2CCCN(C(=O)C3CCC3)C2)on1. The number of amides is 1. The lowest BCUT2D eigenvalue weighted by Crippen LogP contribution is -2.44. The molecule has 2 aromatic heterocycles. The van der Waals surface area contributed by atoms with Crippen LogP contribution in [-0.4, -0.2) is 38.6 Å². The number of carbonyl (C=O) groups is 1. The third-order valence-electron chi connectivity index (χ3n) is 4.94. The van der Waals surface area contributed by atoms with E-state index in [4.69, 9.17) is 4.52 Å². The average molecular weight is 332 g/mol. The van der Waals surface area contributed by atoms with Crippen LogP contribution in [0.15, 0.2) is 10.6 Å². The fourth-order valence-electron chi connectivity index (χ4n) is 3.42. The molecule has 7 heteroatoms. The highest BCUT2D eigenvalue weighted by Gasteiger charge is 2.34. The van der Waals surface area contributed by atoms with E-state index in [0.29, 0.717) is 5.91 Å². The van der Waals surface area contributed by atoms with E-state index >= 15 is 0 Å². The van der Waals surface area contributed by atoms with Crippen LogP contribution < -0.4 is 0 Å². The van der Waals surface area contributed by atoms with E-state index in [1.165, 1.54) is 18.0 Å². The molecule has 0 bridgehead atoms. The Morgan fingerprint density at radius 2 is 2.22 bits per heavy atom. The largest absolute Gasteiger partial charge is 0.355 e. The normalized spacial score (nSPS) is 22.1. The van der Waals surface area contributed by atoms with Gasteiger partial charge in [-0.3, -0.25) is 4.79 Å². The van der Waals surface area contributed by atoms with Gasteiger partial charge in [-0.05, 0) is 44.1 Å². The minimum Gasteiger partial charge on any atom is -0.355 e. The molecule has 23 heavy (non-hydrogen) atoms. The van der Waals surface area contributed by atoms with Crippen LogP contribution >= 0.6 is 11.5 Å². The van der Waals surface area contributed by atoms with Crippen LogP contribution in [0.3, 0.4) is 0 Å². The summed E-state index contributed by atoms with van der Waals surface area (Å²) in [5.74, 6) is 1.57. The second kappa shape index (κ2) is 6.03. The maximum absolute atomic E-state index is 12.5. The lowest BCUT2D eigenvalue weighted by molar-refractivity contribution is -0.139. The van der Waals surface area contributed by atoms with Crippen molar-refractivity contribution in [3.05, 3.63) is 17.5 Å². The van der Waals surface area contributed by atoms with Gasteiger partial charge in [0.15, 0.2) is 5.76 Å². The minimum absolute atomic E-state index is 0.243. The number of carbonyl (C=O) groups excluding carboxylic acids is 1. The molecular formula is C16H20N4O2S. The third-order valence-corrected chi connectivity index (χ3v) is 5.70. The molecule has 2 aromatic rings. The van der Waals surface area contributed by atoms with Crippen molar-refractivity contribution in [2.45, 2.75) is 44.9 Å². The van der Waals surface area contributed by atoms with Crippen LogP contribution in [0, 0.1) is 12.8 Å². The molecule has 2 aliphatic rings. The molecule has 0 N–H and O–H groups in total. The Hall–Kier alpha value is -1.76. The van der Waals surface area contributed by atoms with Crippen LogP contribution in [0.4, 0.5) is 0 Å². The zero-order valence-electron chi connectivity index (χ0n) is 13.2. The number of nitrogens with zero attached hydrogens (tertiary/aromatic N) is 4. The van der Waals surface area contributed by atoms with E-state index in [0.717, 1.165) is 60.8 Å². The van der Waals surface area contributed by atoms with Crippen LogP contribution in [-0.2, 0) is 4.79 Å². The van der Waals surface area contributed by atoms with E-state index in [1.54, 1.807) is 0 Å². The maximum Gasteiger partial charge on any atom is 0.225 e. The van der Waals surface area contributed by atoms with Crippen molar-refractivity contribution in [3.63, 3.8) is 0 Å². The maximum atomic E-state index is 12.5. The quantitative estimate of drug-likeness (QED) is 0.864. The fourth-order valence-corrected chi connectivity index (χ4v) is 4.12. The highest BCUT2D eigenvalue weighted by Crippen LogP contribution is 2.37. The average Bonchev–Trinajstić information content (AvgIpc) is 3.14. The van der Waals surface area contributed by atoms with E-state index in [2.05, 4.69) is 14.7 Å². The monoisotopic (exact) mass is 332 g/mol. The predicted octanol–water partition coefficient (Wildman–Crippen LogP) is 3.01. The summed E-state index contributed by atoms with van der Waals surface area (Å²) in [7, 11) is 0. The Labute approximate surface area is 139 Å². The number of rotatable bonds is 3. The molecule has 122 valence electrons. The third kappa shape index (κ3) is 2.78. The number of hydrogen-bond acceptors (Lipinski definition) is 6. The first-order valence-corrected chi connectivity index (χ1v) is 9.04. The van der Waals surface area contributed by atoms with E-state index in [1.807, 2.05) is 17.9 Å². The molecule has 0 unspecified atom stereocenters. The smallest absolute Gasteiger partial charge is 0.225 e. The summed E-state index contributed by atoms with van der Waals surface area (Å²) in [5, 5.41) is 8.30. The molecule has 0 spiro atoms. The number of piperidine rings is 1. The van der Waals surface area contributed by atoms with Crippen molar-refractivity contribution in [2.75, 3.05) is 13.1 Å². The van der Waals surface area contributed by atoms with Gasteiger partial charge >= 0.3 is 0 Å². The van der Waals surface area contributed by atoms with Gasteiger partial charge in [0.05, 0.1) is 11.4 Å². The topological polar surface area (TPSA) is 72.1 Å². The van der Waals surface area contributed by atoms with Gasteiger partial charge in [0.2, 0.25) is 5.91 Å². The molecule has 2 fully saturated rings. The van der Waals surface area contributed by atoms with Gasteiger partial charge in [-0.25, -0.2) is 0 Å². The molecule has 0 aromatic carbocycles. The highest BCUT2D eigenvalue weighted by atomic mass is 32.1. The molecule has 1 amide bonds. The van der Waals surface area contributed by atoms with Crippen LogP contribution in [0.5, 0.6) is 0 Å². The van der Waals surface area contributed by atoms with Crippen molar-refractivity contribution in [1.82, 2.24) is 19.6 Å². The predicted molar refractivity (Wildman–Crippen MR) is 86.0 cm³/mol. The van der Waals surface area contributed by atoms with E-state index in [-0.39, 0.29) is 11.8 Å². The summed E-state index contributed by atoms with van der Waals surface area (Å²) in [4.78, 5) is 15.5. The summed E-state index contributed by atoms with van der Waals surface area (Å²) in [6.07, 6.45) is 5.37. The number of hydrogen-bond donors (Lipinski definition) is 0. The van der Waals surface area contributed by atoms with Gasteiger partial charge in [-0.15, -0.1) is 5.10 Å². The Morgan fingerprint density at radius 3 is 2.91 bits per heavy atom. The molecule has 6 nitrogen and oxygen atoms in total. The first kappa shape index (κ1) is 14.8. The van der Waals surface area contributed by atoms with Crippen molar-refractivity contribution in [1.29, 1.82) is 0 Å². The fraction of sp³-hybridized carbons (Fsp3) is 0.625. The van der Waals surface area contributed by atoms with Gasteiger partial charge in [0, 0.05) is 31.0 Å². The molecule has 1 saturated carbocycles. The van der Waals surface area contributed by atoms with Crippen LogP contribution in [0.1, 0.15) is 49.4 Å². The van der Waals surface area contributed by atoms with Gasteiger partial charge in [0.1, 0.15) is 4.88 Å². The Balaban J connectivity index is 1.54. The summed E-state index contributed by atoms with van der Waals surface area (Å²) in [6.45, 7) is 3.53. The second-order valence-corrected chi connectivity index (χ2v) is 7.33. The van der Waals surface area contributed by atoms with Crippen molar-refractivity contribution >= 4 is 17.4 Å². The van der Waals surface area contributed by atoms with Gasteiger partial charge in [-0.2, -0.15) is 0 Å². The second-order valence-electron chi connectivity index (χ2n) is 6.57. The lowest BCUT2D eigenvalue weighted by Gasteiger charge is -2.36. The molecule has 3 heterocycles. The summed E-state index contributed by atoms with van der Waals surface area (Å²) in [6, 6.07) is 1.92. The van der Waals surface area contributed by atoms with Crippen molar-refractivity contribution in [3.8, 4) is 10.6 Å². The van der Waals surface area contributed by atoms with Crippen LogP contribution in [0.25, 0.3) is 10.6 Å². The summed E-state index contributed by atoms with van der Waals surface area (Å²) < 4.78 is 9.49. The number of aromatic nitrogens is 3. The zero-order chi connectivity index (χ0) is 15.8. The van der Waals surface area contributed by atoms with Gasteiger partial charge in [-0.1, -0.05) is 16.1 Å². The molecule has 4 rings (SSSR count). The molecule has 1 atom stereocenters. The van der Waals surface area contributed by atoms with E-state index in [9.17, 15) is 4.79 Å². The van der Waals surface area contributed by atoms with Crippen molar-refractivity contribution in [2.24, 2.45) is 5.92 Å². The van der Waals surface area contributed by atoms with E-state index < -0.39 is 0 Å². The molecule has 0 radical (unpaired) electrons. The first-order chi connectivity index (χ1) is 11.2. The Morgan fingerprint density at radius 1 is 1.35 bits per heavy atom. The minimum atomic E-state index is 0.243. The highest BCUT2D eigenvalue weighted by molar-refractivity contribution is 7.09.